The quantitative estimate of drug-likeness (QED) is 0.876. The van der Waals surface area contributed by atoms with Gasteiger partial charge in [-0.2, -0.15) is 0 Å². The minimum Gasteiger partial charge on any atom is -0.490 e. The highest BCUT2D eigenvalue weighted by Crippen LogP contribution is 2.29. The number of nitrogens with zero attached hydrogens (tertiary/aromatic N) is 1. The number of nitrogens with one attached hydrogen (secondary N) is 1. The van der Waals surface area contributed by atoms with Gasteiger partial charge in [-0.3, -0.25) is 4.79 Å². The number of amides is 1. The average molecular weight is 306 g/mol. The van der Waals surface area contributed by atoms with Crippen LogP contribution in [0.5, 0.6) is 11.5 Å². The van der Waals surface area contributed by atoms with Crippen LogP contribution in [0, 0.1) is 0 Å². The fourth-order valence-electron chi connectivity index (χ4n) is 2.55. The second kappa shape index (κ2) is 8.03. The highest BCUT2D eigenvalue weighted by Gasteiger charge is 2.24. The van der Waals surface area contributed by atoms with Crippen LogP contribution in [0.25, 0.3) is 0 Å². The van der Waals surface area contributed by atoms with Gasteiger partial charge in [-0.15, -0.1) is 0 Å². The van der Waals surface area contributed by atoms with Crippen molar-refractivity contribution in [2.45, 2.75) is 33.2 Å². The van der Waals surface area contributed by atoms with Crippen LogP contribution < -0.4 is 14.8 Å². The lowest BCUT2D eigenvalue weighted by Gasteiger charge is -2.34. The Balaban J connectivity index is 2.19. The molecule has 1 N–H and O–H groups in total. The van der Waals surface area contributed by atoms with Gasteiger partial charge in [0.2, 0.25) is 0 Å². The molecule has 2 rings (SSSR count). The van der Waals surface area contributed by atoms with Gasteiger partial charge in [0.25, 0.3) is 5.91 Å². The number of hydrogen-bond acceptors (Lipinski definition) is 4. The molecule has 1 aliphatic heterocycles. The van der Waals surface area contributed by atoms with E-state index in [4.69, 9.17) is 9.47 Å². The predicted molar refractivity (Wildman–Crippen MR) is 86.8 cm³/mol. The van der Waals surface area contributed by atoms with Gasteiger partial charge >= 0.3 is 0 Å². The number of rotatable bonds is 6. The third kappa shape index (κ3) is 3.91. The lowest BCUT2D eigenvalue weighted by molar-refractivity contribution is 0.0655. The Labute approximate surface area is 132 Å². The normalized spacial score (nSPS) is 18.1. The second-order valence-electron chi connectivity index (χ2n) is 5.49. The summed E-state index contributed by atoms with van der Waals surface area (Å²) >= 11 is 0. The summed E-state index contributed by atoms with van der Waals surface area (Å²) in [6.07, 6.45) is 0.935. The summed E-state index contributed by atoms with van der Waals surface area (Å²) in [7, 11) is 0. The first-order valence-electron chi connectivity index (χ1n) is 8.08. The monoisotopic (exact) mass is 306 g/mol. The van der Waals surface area contributed by atoms with Crippen LogP contribution >= 0.6 is 0 Å². The molecule has 1 aromatic rings. The molecule has 1 fully saturated rings. The lowest BCUT2D eigenvalue weighted by atomic mass is 10.1. The molecule has 5 heteroatoms. The van der Waals surface area contributed by atoms with Crippen molar-refractivity contribution in [1.29, 1.82) is 0 Å². The van der Waals surface area contributed by atoms with Crippen LogP contribution in [0.4, 0.5) is 0 Å². The van der Waals surface area contributed by atoms with Crippen molar-refractivity contribution in [3.05, 3.63) is 23.8 Å². The van der Waals surface area contributed by atoms with Gasteiger partial charge in [0.15, 0.2) is 11.5 Å². The molecule has 0 unspecified atom stereocenters. The van der Waals surface area contributed by atoms with E-state index in [1.165, 1.54) is 0 Å². The third-order valence-corrected chi connectivity index (χ3v) is 3.71. The molecule has 1 atom stereocenters. The SMILES string of the molecule is CCCOc1ccc(C(=O)N2CCNC[C@@H]2C)cc1OCC. The standard InChI is InChI=1S/C17H26N2O3/c1-4-10-22-15-7-6-14(11-16(15)21-5-2)17(20)19-9-8-18-12-13(19)3/h6-7,11,13,18H,4-5,8-10,12H2,1-3H3/t13-/m0/s1. The van der Waals surface area contributed by atoms with E-state index in [1.54, 1.807) is 6.07 Å². The first-order valence-corrected chi connectivity index (χ1v) is 8.08. The topological polar surface area (TPSA) is 50.8 Å². The molecule has 5 nitrogen and oxygen atoms in total. The number of carbonyl (C=O) groups excluding carboxylic acids is 1. The Morgan fingerprint density at radius 3 is 2.82 bits per heavy atom. The molecule has 0 aliphatic carbocycles. The van der Waals surface area contributed by atoms with E-state index in [9.17, 15) is 4.79 Å². The zero-order valence-electron chi connectivity index (χ0n) is 13.7. The molecule has 1 amide bonds. The van der Waals surface area contributed by atoms with Crippen molar-refractivity contribution in [1.82, 2.24) is 10.2 Å². The van der Waals surface area contributed by atoms with Crippen molar-refractivity contribution >= 4 is 5.91 Å². The van der Waals surface area contributed by atoms with Crippen molar-refractivity contribution in [2.24, 2.45) is 0 Å². The summed E-state index contributed by atoms with van der Waals surface area (Å²) < 4.78 is 11.3. The molecule has 0 radical (unpaired) electrons. The summed E-state index contributed by atoms with van der Waals surface area (Å²) in [4.78, 5) is 14.6. The van der Waals surface area contributed by atoms with E-state index in [-0.39, 0.29) is 11.9 Å². The molecular formula is C17H26N2O3. The van der Waals surface area contributed by atoms with E-state index in [2.05, 4.69) is 19.2 Å². The minimum absolute atomic E-state index is 0.0528. The van der Waals surface area contributed by atoms with E-state index >= 15 is 0 Å². The highest BCUT2D eigenvalue weighted by atomic mass is 16.5. The third-order valence-electron chi connectivity index (χ3n) is 3.71. The van der Waals surface area contributed by atoms with Gasteiger partial charge < -0.3 is 19.7 Å². The molecule has 0 spiro atoms. The Kier molecular flexibility index (Phi) is 6.07. The molecule has 0 bridgehead atoms. The molecule has 1 saturated heterocycles. The predicted octanol–water partition coefficient (Wildman–Crippen LogP) is 2.31. The van der Waals surface area contributed by atoms with Crippen molar-refractivity contribution in [3.8, 4) is 11.5 Å². The van der Waals surface area contributed by atoms with E-state index in [0.29, 0.717) is 30.3 Å². The second-order valence-corrected chi connectivity index (χ2v) is 5.49. The molecule has 1 heterocycles. The molecule has 1 aromatic carbocycles. The van der Waals surface area contributed by atoms with E-state index in [1.807, 2.05) is 24.0 Å². The Bertz CT molecular complexity index is 505. The van der Waals surface area contributed by atoms with Crippen LogP contribution in [0.3, 0.4) is 0 Å². The summed E-state index contributed by atoms with van der Waals surface area (Å²) in [5, 5.41) is 3.30. The van der Waals surface area contributed by atoms with Gasteiger partial charge in [-0.05, 0) is 38.5 Å². The summed E-state index contributed by atoms with van der Waals surface area (Å²) in [6, 6.07) is 5.66. The average Bonchev–Trinajstić information content (AvgIpc) is 2.54. The molecule has 1 aliphatic rings. The number of ether oxygens (including phenoxy) is 2. The summed E-state index contributed by atoms with van der Waals surface area (Å²) in [5.74, 6) is 1.40. The first-order chi connectivity index (χ1) is 10.7. The van der Waals surface area contributed by atoms with Gasteiger partial charge in [0.05, 0.1) is 13.2 Å². The fourth-order valence-corrected chi connectivity index (χ4v) is 2.55. The molecule has 0 aromatic heterocycles. The van der Waals surface area contributed by atoms with Crippen LogP contribution in [0.2, 0.25) is 0 Å². The van der Waals surface area contributed by atoms with Crippen LogP contribution in [-0.4, -0.2) is 49.7 Å². The fraction of sp³-hybridized carbons (Fsp3) is 0.588. The molecule has 22 heavy (non-hydrogen) atoms. The van der Waals surface area contributed by atoms with E-state index < -0.39 is 0 Å². The Morgan fingerprint density at radius 2 is 2.14 bits per heavy atom. The maximum atomic E-state index is 12.7. The lowest BCUT2D eigenvalue weighted by Crippen LogP contribution is -2.52. The van der Waals surface area contributed by atoms with Crippen molar-refractivity contribution in [3.63, 3.8) is 0 Å². The molecule has 122 valence electrons. The van der Waals surface area contributed by atoms with Crippen LogP contribution in [-0.2, 0) is 0 Å². The smallest absolute Gasteiger partial charge is 0.254 e. The van der Waals surface area contributed by atoms with Gasteiger partial charge in [-0.1, -0.05) is 6.92 Å². The minimum atomic E-state index is 0.0528. The number of carbonyl (C=O) groups is 1. The largest absolute Gasteiger partial charge is 0.490 e. The summed E-state index contributed by atoms with van der Waals surface area (Å²) in [5.41, 5.74) is 0.654. The maximum absolute atomic E-state index is 12.7. The van der Waals surface area contributed by atoms with Crippen molar-refractivity contribution < 1.29 is 14.3 Å². The number of benzene rings is 1. The molecular weight excluding hydrogens is 280 g/mol. The summed E-state index contributed by atoms with van der Waals surface area (Å²) in [6.45, 7) is 9.64. The van der Waals surface area contributed by atoms with Gasteiger partial charge in [-0.25, -0.2) is 0 Å². The van der Waals surface area contributed by atoms with Crippen LogP contribution in [0.1, 0.15) is 37.6 Å². The van der Waals surface area contributed by atoms with Crippen LogP contribution in [0.15, 0.2) is 18.2 Å². The van der Waals surface area contributed by atoms with Crippen molar-refractivity contribution in [2.75, 3.05) is 32.8 Å². The first kappa shape index (κ1) is 16.6. The Morgan fingerprint density at radius 1 is 1.32 bits per heavy atom. The zero-order valence-corrected chi connectivity index (χ0v) is 13.7. The highest BCUT2D eigenvalue weighted by molar-refractivity contribution is 5.95. The number of piperazine rings is 1. The Hall–Kier alpha value is -1.75. The molecule has 0 saturated carbocycles. The maximum Gasteiger partial charge on any atom is 0.254 e. The zero-order chi connectivity index (χ0) is 15.9. The van der Waals surface area contributed by atoms with Gasteiger partial charge in [0.1, 0.15) is 0 Å². The number of hydrogen-bond donors (Lipinski definition) is 1. The van der Waals surface area contributed by atoms with Gasteiger partial charge in [0, 0.05) is 31.2 Å². The van der Waals surface area contributed by atoms with E-state index in [0.717, 1.165) is 26.1 Å².